The summed E-state index contributed by atoms with van der Waals surface area (Å²) < 4.78 is 13.3. The number of aromatic nitrogens is 5. The summed E-state index contributed by atoms with van der Waals surface area (Å²) in [4.78, 5) is 21.5. The van der Waals surface area contributed by atoms with Crippen LogP contribution in [0.3, 0.4) is 0 Å². The number of nitrogens with one attached hydrogen (secondary N) is 1. The number of benzene rings is 2. The van der Waals surface area contributed by atoms with Crippen molar-refractivity contribution in [1.82, 2.24) is 35.0 Å². The van der Waals surface area contributed by atoms with Crippen LogP contribution in [0.25, 0.3) is 10.9 Å². The minimum atomic E-state index is -0.372. The Balaban J connectivity index is 1.32. The fourth-order valence-corrected chi connectivity index (χ4v) is 5.97. The number of pyridine rings is 1. The maximum atomic E-state index is 13.6. The lowest BCUT2D eigenvalue weighted by Crippen LogP contribution is -2.48. The van der Waals surface area contributed by atoms with Crippen LogP contribution in [0, 0.1) is 0 Å². The molecule has 2 aliphatic heterocycles. The number of methoxy groups -OCH3 is 1. The lowest BCUT2D eigenvalue weighted by Gasteiger charge is -2.38. The van der Waals surface area contributed by atoms with Crippen LogP contribution in [0.5, 0.6) is 5.75 Å². The van der Waals surface area contributed by atoms with Crippen LogP contribution in [0.1, 0.15) is 48.3 Å². The lowest BCUT2D eigenvalue weighted by atomic mass is 10.0. The summed E-state index contributed by atoms with van der Waals surface area (Å²) in [7, 11) is 1.72. The molecule has 0 bridgehead atoms. The second-order valence-electron chi connectivity index (χ2n) is 10.7. The highest BCUT2D eigenvalue weighted by Crippen LogP contribution is 2.29. The number of piperazine rings is 1. The highest BCUT2D eigenvalue weighted by Gasteiger charge is 2.33. The van der Waals surface area contributed by atoms with Gasteiger partial charge in [0.05, 0.1) is 19.8 Å². The molecule has 2 fully saturated rings. The molecule has 1 N–H and O–H groups in total. The van der Waals surface area contributed by atoms with E-state index < -0.39 is 0 Å². The minimum absolute atomic E-state index is 0.0857. The molecule has 0 saturated carbocycles. The van der Waals surface area contributed by atoms with E-state index in [1.807, 2.05) is 35.0 Å². The van der Waals surface area contributed by atoms with Crippen molar-refractivity contribution in [2.75, 3.05) is 39.9 Å². The number of nitrogens with zero attached hydrogens (tertiary/aromatic N) is 6. The molecule has 4 heterocycles. The van der Waals surface area contributed by atoms with Gasteiger partial charge in [-0.3, -0.25) is 14.6 Å². The first-order valence-electron chi connectivity index (χ1n) is 14.2. The third kappa shape index (κ3) is 5.52. The van der Waals surface area contributed by atoms with Crippen LogP contribution in [0.4, 0.5) is 0 Å². The zero-order valence-corrected chi connectivity index (χ0v) is 23.3. The Labute approximate surface area is 233 Å². The molecular weight excluding hydrogens is 506 g/mol. The van der Waals surface area contributed by atoms with E-state index in [4.69, 9.17) is 9.47 Å². The highest BCUT2D eigenvalue weighted by atomic mass is 16.5. The Morgan fingerprint density at radius 3 is 2.75 bits per heavy atom. The van der Waals surface area contributed by atoms with Crippen molar-refractivity contribution in [3.05, 3.63) is 81.4 Å². The summed E-state index contributed by atoms with van der Waals surface area (Å²) in [6.07, 6.45) is 3.05. The predicted molar refractivity (Wildman–Crippen MR) is 152 cm³/mol. The van der Waals surface area contributed by atoms with E-state index in [1.54, 1.807) is 7.11 Å². The number of hydrogen-bond donors (Lipinski definition) is 1. The van der Waals surface area contributed by atoms with Gasteiger partial charge in [0.15, 0.2) is 5.82 Å². The normalized spacial score (nSPS) is 19.3. The molecule has 210 valence electrons. The molecule has 4 aromatic rings. The smallest absolute Gasteiger partial charge is 0.253 e. The van der Waals surface area contributed by atoms with Crippen LogP contribution in [-0.2, 0) is 24.2 Å². The van der Waals surface area contributed by atoms with Crippen LogP contribution >= 0.6 is 0 Å². The molecule has 2 atom stereocenters. The molecule has 0 unspecified atom stereocenters. The monoisotopic (exact) mass is 543 g/mol. The van der Waals surface area contributed by atoms with Crippen molar-refractivity contribution < 1.29 is 9.47 Å². The molecule has 10 heteroatoms. The summed E-state index contributed by atoms with van der Waals surface area (Å²) in [6, 6.07) is 16.0. The first-order chi connectivity index (χ1) is 19.6. The van der Waals surface area contributed by atoms with E-state index in [1.165, 1.54) is 11.1 Å². The highest BCUT2D eigenvalue weighted by molar-refractivity contribution is 5.80. The molecule has 0 radical (unpaired) electrons. The maximum absolute atomic E-state index is 13.6. The molecule has 10 nitrogen and oxygen atoms in total. The van der Waals surface area contributed by atoms with E-state index >= 15 is 0 Å². The second-order valence-corrected chi connectivity index (χ2v) is 10.7. The Bertz CT molecular complexity index is 1500. The molecule has 2 saturated heterocycles. The number of fused-ring (bicyclic) bond motifs is 1. The summed E-state index contributed by atoms with van der Waals surface area (Å²) in [5.74, 6) is 1.59. The summed E-state index contributed by atoms with van der Waals surface area (Å²) in [6.45, 7) is 7.57. The standard InChI is InChI=1S/C30H37N7O3/c1-3-21-10-11-26-23(17-21)18-25(30(38)31-26)28(29-32-33-34-37(29)20-24-8-6-16-40-24)36-14-12-35(13-15-36)19-22-7-4-5-9-27(22)39-2/h4-5,7,9-11,17-18,24,28H,3,6,8,12-16,19-20H2,1-2H3,(H,31,38)/t24-,28+/m1/s1. The van der Waals surface area contributed by atoms with Gasteiger partial charge < -0.3 is 14.5 Å². The van der Waals surface area contributed by atoms with Gasteiger partial charge in [-0.05, 0) is 64.9 Å². The predicted octanol–water partition coefficient (Wildman–Crippen LogP) is 3.17. The fourth-order valence-electron chi connectivity index (χ4n) is 5.97. The van der Waals surface area contributed by atoms with Crippen LogP contribution < -0.4 is 10.3 Å². The van der Waals surface area contributed by atoms with E-state index in [-0.39, 0.29) is 17.7 Å². The van der Waals surface area contributed by atoms with Crippen molar-refractivity contribution in [3.63, 3.8) is 0 Å². The Morgan fingerprint density at radius 2 is 1.98 bits per heavy atom. The van der Waals surface area contributed by atoms with Gasteiger partial charge in [-0.2, -0.15) is 0 Å². The number of rotatable bonds is 9. The van der Waals surface area contributed by atoms with E-state index in [0.29, 0.717) is 17.9 Å². The summed E-state index contributed by atoms with van der Waals surface area (Å²) in [5, 5.41) is 13.9. The SMILES string of the molecule is CCc1ccc2[nH]c(=O)c([C@@H](c3nnnn3C[C@H]3CCCO3)N3CCN(Cc4ccccc4OC)CC3)cc2c1. The quantitative estimate of drug-likeness (QED) is 0.344. The Morgan fingerprint density at radius 1 is 1.12 bits per heavy atom. The lowest BCUT2D eigenvalue weighted by molar-refractivity contribution is 0.0838. The maximum Gasteiger partial charge on any atom is 0.253 e. The van der Waals surface area contributed by atoms with E-state index in [9.17, 15) is 4.79 Å². The third-order valence-electron chi connectivity index (χ3n) is 8.20. The first-order valence-corrected chi connectivity index (χ1v) is 14.2. The van der Waals surface area contributed by atoms with E-state index in [0.717, 1.165) is 75.2 Å². The molecule has 2 aromatic heterocycles. The number of H-pyrrole nitrogens is 1. The van der Waals surface area contributed by atoms with Gasteiger partial charge in [-0.1, -0.05) is 31.2 Å². The molecule has 0 amide bonds. The second kappa shape index (κ2) is 11.9. The van der Waals surface area contributed by atoms with Crippen LogP contribution in [0.15, 0.2) is 53.3 Å². The average Bonchev–Trinajstić information content (AvgIpc) is 3.67. The molecular formula is C30H37N7O3. The van der Waals surface area contributed by atoms with Crippen molar-refractivity contribution in [2.24, 2.45) is 0 Å². The van der Waals surface area contributed by atoms with E-state index in [2.05, 4.69) is 55.4 Å². The van der Waals surface area contributed by atoms with Crippen molar-refractivity contribution in [3.8, 4) is 5.75 Å². The molecule has 2 aromatic carbocycles. The number of aromatic amines is 1. The van der Waals surface area contributed by atoms with Gasteiger partial charge in [0.25, 0.3) is 5.56 Å². The molecule has 6 rings (SSSR count). The first kappa shape index (κ1) is 26.6. The number of ether oxygens (including phenoxy) is 2. The van der Waals surface area contributed by atoms with Gasteiger partial charge in [0.2, 0.25) is 0 Å². The zero-order valence-electron chi connectivity index (χ0n) is 23.3. The summed E-state index contributed by atoms with van der Waals surface area (Å²) >= 11 is 0. The Hall–Kier alpha value is -3.60. The number of tetrazole rings is 1. The van der Waals surface area contributed by atoms with Crippen molar-refractivity contribution in [2.45, 2.75) is 51.4 Å². The van der Waals surface area contributed by atoms with Gasteiger partial charge >= 0.3 is 0 Å². The van der Waals surface area contributed by atoms with Gasteiger partial charge in [0, 0.05) is 56.0 Å². The van der Waals surface area contributed by atoms with Crippen molar-refractivity contribution in [1.29, 1.82) is 0 Å². The Kier molecular flexibility index (Phi) is 7.90. The van der Waals surface area contributed by atoms with Gasteiger partial charge in [0.1, 0.15) is 11.8 Å². The molecule has 0 aliphatic carbocycles. The molecule has 0 spiro atoms. The van der Waals surface area contributed by atoms with Gasteiger partial charge in [-0.15, -0.1) is 5.10 Å². The number of para-hydroxylation sites is 1. The molecule has 2 aliphatic rings. The average molecular weight is 544 g/mol. The number of aryl methyl sites for hydroxylation is 1. The topological polar surface area (TPSA) is 101 Å². The van der Waals surface area contributed by atoms with Crippen molar-refractivity contribution >= 4 is 10.9 Å². The summed E-state index contributed by atoms with van der Waals surface area (Å²) in [5.41, 5.74) is 3.81. The third-order valence-corrected chi connectivity index (χ3v) is 8.20. The molecule has 40 heavy (non-hydrogen) atoms. The fraction of sp³-hybridized carbons (Fsp3) is 0.467. The minimum Gasteiger partial charge on any atom is -0.496 e. The largest absolute Gasteiger partial charge is 0.496 e. The van der Waals surface area contributed by atoms with Gasteiger partial charge in [-0.25, -0.2) is 4.68 Å². The van der Waals surface area contributed by atoms with Crippen LogP contribution in [0.2, 0.25) is 0 Å². The number of hydrogen-bond acceptors (Lipinski definition) is 8. The van der Waals surface area contributed by atoms with Crippen LogP contribution in [-0.4, -0.2) is 81.0 Å². The zero-order chi connectivity index (χ0) is 27.5.